The van der Waals surface area contributed by atoms with Crippen molar-refractivity contribution in [2.45, 2.75) is 30.7 Å². The topological polar surface area (TPSA) is 66.5 Å². The molecule has 0 spiro atoms. The average Bonchev–Trinajstić information content (AvgIpc) is 3.41. The Kier molecular flexibility index (Phi) is 5.62. The van der Waals surface area contributed by atoms with Crippen LogP contribution in [0.4, 0.5) is 10.1 Å². The summed E-state index contributed by atoms with van der Waals surface area (Å²) < 4.78 is 41.8. The van der Waals surface area contributed by atoms with Crippen LogP contribution in [0.2, 0.25) is 0 Å². The van der Waals surface area contributed by atoms with E-state index in [1.165, 1.54) is 30.3 Å². The zero-order chi connectivity index (χ0) is 21.3. The Labute approximate surface area is 179 Å². The van der Waals surface area contributed by atoms with Gasteiger partial charge in [0.25, 0.3) is 15.9 Å². The van der Waals surface area contributed by atoms with Crippen molar-refractivity contribution in [3.8, 4) is 0 Å². The first-order chi connectivity index (χ1) is 14.4. The Bertz CT molecular complexity index is 1180. The second-order valence-corrected chi connectivity index (χ2v) is 9.90. The maximum atomic E-state index is 13.9. The van der Waals surface area contributed by atoms with Crippen molar-refractivity contribution >= 4 is 33.0 Å². The Hall–Kier alpha value is -2.71. The fourth-order valence-electron chi connectivity index (χ4n) is 3.69. The number of rotatable bonds is 5. The molecule has 4 rings (SSSR count). The number of benzene rings is 2. The van der Waals surface area contributed by atoms with E-state index >= 15 is 0 Å². The van der Waals surface area contributed by atoms with E-state index in [1.54, 1.807) is 30.4 Å². The molecule has 1 aromatic heterocycles. The third-order valence-electron chi connectivity index (χ3n) is 5.25. The smallest absolute Gasteiger partial charge is 0.262 e. The van der Waals surface area contributed by atoms with Gasteiger partial charge >= 0.3 is 0 Å². The number of halogens is 1. The van der Waals surface area contributed by atoms with Crippen molar-refractivity contribution in [3.63, 3.8) is 0 Å². The highest BCUT2D eigenvalue weighted by molar-refractivity contribution is 7.92. The molecule has 0 radical (unpaired) electrons. The number of thiophene rings is 1. The molecule has 156 valence electrons. The summed E-state index contributed by atoms with van der Waals surface area (Å²) in [7, 11) is -4.05. The van der Waals surface area contributed by atoms with Crippen LogP contribution >= 0.6 is 11.3 Å². The van der Waals surface area contributed by atoms with Crippen molar-refractivity contribution < 1.29 is 17.6 Å². The number of nitrogens with one attached hydrogen (secondary N) is 1. The number of amides is 1. The lowest BCUT2D eigenvalue weighted by Crippen LogP contribution is -2.31. The van der Waals surface area contributed by atoms with E-state index in [9.17, 15) is 17.6 Å². The van der Waals surface area contributed by atoms with Crippen LogP contribution in [0.5, 0.6) is 0 Å². The zero-order valence-electron chi connectivity index (χ0n) is 16.3. The van der Waals surface area contributed by atoms with E-state index in [4.69, 9.17) is 0 Å². The number of anilines is 1. The van der Waals surface area contributed by atoms with Crippen LogP contribution in [-0.2, 0) is 10.0 Å². The first kappa shape index (κ1) is 20.6. The van der Waals surface area contributed by atoms with Gasteiger partial charge in [-0.15, -0.1) is 11.3 Å². The molecule has 0 aliphatic carbocycles. The molecule has 30 heavy (non-hydrogen) atoms. The summed E-state index contributed by atoms with van der Waals surface area (Å²) in [6, 6.07) is 14.0. The molecule has 1 atom stereocenters. The summed E-state index contributed by atoms with van der Waals surface area (Å²) >= 11 is 1.62. The van der Waals surface area contributed by atoms with Crippen LogP contribution in [0, 0.1) is 12.7 Å². The summed E-state index contributed by atoms with van der Waals surface area (Å²) in [6.45, 7) is 2.41. The number of carbonyl (C=O) groups is 1. The molecule has 0 bridgehead atoms. The van der Waals surface area contributed by atoms with Crippen LogP contribution in [-0.4, -0.2) is 25.8 Å². The number of hydrogen-bond donors (Lipinski definition) is 1. The van der Waals surface area contributed by atoms with Gasteiger partial charge in [0.2, 0.25) is 0 Å². The van der Waals surface area contributed by atoms with Gasteiger partial charge in [0, 0.05) is 17.0 Å². The van der Waals surface area contributed by atoms with Gasteiger partial charge in [-0.3, -0.25) is 9.52 Å². The first-order valence-electron chi connectivity index (χ1n) is 9.59. The van der Waals surface area contributed by atoms with Crippen LogP contribution in [0.25, 0.3) is 0 Å². The van der Waals surface area contributed by atoms with E-state index in [2.05, 4.69) is 4.72 Å². The fraction of sp³-hybridized carbons (Fsp3) is 0.227. The highest BCUT2D eigenvalue weighted by Gasteiger charge is 2.32. The number of aryl methyl sites for hydroxylation is 1. The van der Waals surface area contributed by atoms with E-state index in [0.717, 1.165) is 17.7 Å². The molecular formula is C22H21FN2O3S2. The first-order valence-corrected chi connectivity index (χ1v) is 12.0. The molecule has 8 heteroatoms. The summed E-state index contributed by atoms with van der Waals surface area (Å²) in [5.74, 6) is -0.855. The van der Waals surface area contributed by atoms with Gasteiger partial charge in [0.05, 0.1) is 16.6 Å². The van der Waals surface area contributed by atoms with E-state index in [-0.39, 0.29) is 22.5 Å². The van der Waals surface area contributed by atoms with E-state index in [0.29, 0.717) is 17.7 Å². The maximum absolute atomic E-state index is 13.9. The van der Waals surface area contributed by atoms with Gasteiger partial charge < -0.3 is 4.90 Å². The molecule has 2 heterocycles. The Morgan fingerprint density at radius 1 is 1.17 bits per heavy atom. The molecule has 3 aromatic rings. The predicted molar refractivity (Wildman–Crippen MR) is 116 cm³/mol. The fourth-order valence-corrected chi connectivity index (χ4v) is 5.65. The quantitative estimate of drug-likeness (QED) is 0.604. The van der Waals surface area contributed by atoms with Gasteiger partial charge in [-0.25, -0.2) is 12.8 Å². The van der Waals surface area contributed by atoms with Crippen LogP contribution < -0.4 is 4.72 Å². The van der Waals surface area contributed by atoms with Crippen molar-refractivity contribution in [2.24, 2.45) is 0 Å². The molecule has 1 aliphatic heterocycles. The van der Waals surface area contributed by atoms with Gasteiger partial charge in [-0.1, -0.05) is 24.3 Å². The molecule has 1 unspecified atom stereocenters. The van der Waals surface area contributed by atoms with E-state index < -0.39 is 15.8 Å². The molecule has 2 aromatic carbocycles. The van der Waals surface area contributed by atoms with Crippen molar-refractivity contribution in [1.29, 1.82) is 0 Å². The number of sulfonamides is 1. The summed E-state index contributed by atoms with van der Waals surface area (Å²) in [6.07, 6.45) is 1.79. The average molecular weight is 445 g/mol. The van der Waals surface area contributed by atoms with Gasteiger partial charge in [0.1, 0.15) is 5.82 Å². The highest BCUT2D eigenvalue weighted by Crippen LogP contribution is 2.36. The largest absolute Gasteiger partial charge is 0.331 e. The van der Waals surface area contributed by atoms with Crippen molar-refractivity contribution in [2.75, 3.05) is 11.3 Å². The second kappa shape index (κ2) is 8.20. The molecule has 1 saturated heterocycles. The molecule has 1 amide bonds. The third-order valence-corrected chi connectivity index (χ3v) is 7.59. The number of hydrogen-bond acceptors (Lipinski definition) is 4. The third kappa shape index (κ3) is 3.97. The monoisotopic (exact) mass is 444 g/mol. The molecule has 0 saturated carbocycles. The summed E-state index contributed by atoms with van der Waals surface area (Å²) in [5, 5.41) is 1.99. The van der Waals surface area contributed by atoms with Crippen LogP contribution in [0.3, 0.4) is 0 Å². The van der Waals surface area contributed by atoms with Gasteiger partial charge in [0.15, 0.2) is 0 Å². The lowest BCUT2D eigenvalue weighted by Gasteiger charge is -2.25. The van der Waals surface area contributed by atoms with Crippen molar-refractivity contribution in [3.05, 3.63) is 81.8 Å². The summed E-state index contributed by atoms with van der Waals surface area (Å²) in [4.78, 5) is 16.2. The maximum Gasteiger partial charge on any atom is 0.262 e. The number of nitrogens with zero attached hydrogens (tertiary/aromatic N) is 1. The minimum atomic E-state index is -4.05. The number of carbonyl (C=O) groups excluding carboxylic acids is 1. The second-order valence-electron chi connectivity index (χ2n) is 7.23. The Morgan fingerprint density at radius 3 is 2.70 bits per heavy atom. The van der Waals surface area contributed by atoms with Crippen molar-refractivity contribution in [1.82, 2.24) is 4.90 Å². The SMILES string of the molecule is Cc1ccc(S(=O)(=O)Nc2ccccc2F)cc1C(=O)N1CCCC1c1cccs1. The minimum absolute atomic E-state index is 0.00806. The lowest BCUT2D eigenvalue weighted by molar-refractivity contribution is 0.0737. The highest BCUT2D eigenvalue weighted by atomic mass is 32.2. The molecule has 1 fully saturated rings. The molecule has 5 nitrogen and oxygen atoms in total. The number of para-hydroxylation sites is 1. The van der Waals surface area contributed by atoms with Crippen LogP contribution in [0.1, 0.15) is 39.7 Å². The normalized spacial score (nSPS) is 16.6. The Balaban J connectivity index is 1.65. The zero-order valence-corrected chi connectivity index (χ0v) is 18.0. The molecular weight excluding hydrogens is 423 g/mol. The molecule has 1 aliphatic rings. The Morgan fingerprint density at radius 2 is 1.97 bits per heavy atom. The molecule has 1 N–H and O–H groups in total. The van der Waals surface area contributed by atoms with E-state index in [1.807, 2.05) is 22.4 Å². The lowest BCUT2D eigenvalue weighted by atomic mass is 10.1. The minimum Gasteiger partial charge on any atom is -0.331 e. The van der Waals surface area contributed by atoms with Gasteiger partial charge in [-0.2, -0.15) is 0 Å². The van der Waals surface area contributed by atoms with Gasteiger partial charge in [-0.05, 0) is 61.0 Å². The predicted octanol–water partition coefficient (Wildman–Crippen LogP) is 4.97. The standard InChI is InChI=1S/C22H21FN2O3S2/c1-15-10-11-16(30(27,28)24-19-7-3-2-6-18(19)23)14-17(15)22(26)25-12-4-8-20(25)21-9-5-13-29-21/h2-3,5-7,9-11,13-14,20,24H,4,8,12H2,1H3. The number of likely N-dealkylation sites (tertiary alicyclic amines) is 1. The summed E-state index contributed by atoms with van der Waals surface area (Å²) in [5.41, 5.74) is 0.903. The van der Waals surface area contributed by atoms with Crippen LogP contribution in [0.15, 0.2) is 64.9 Å².